The first-order valence-electron chi connectivity index (χ1n) is 3.87. The summed E-state index contributed by atoms with van der Waals surface area (Å²) in [5, 5.41) is 6.47. The van der Waals surface area contributed by atoms with Crippen molar-refractivity contribution in [1.82, 2.24) is 10.6 Å². The Hall–Kier alpha value is -0.120. The van der Waals surface area contributed by atoms with Crippen LogP contribution in [-0.2, 0) is 4.74 Å². The zero-order chi connectivity index (χ0) is 7.03. The van der Waals surface area contributed by atoms with Crippen LogP contribution in [0.15, 0.2) is 0 Å². The van der Waals surface area contributed by atoms with E-state index in [9.17, 15) is 0 Å². The second kappa shape index (κ2) is 2.19. The molecule has 1 spiro atoms. The smallest absolute Gasteiger partial charge is 0.0946 e. The summed E-state index contributed by atoms with van der Waals surface area (Å²) in [6, 6.07) is 0.585. The summed E-state index contributed by atoms with van der Waals surface area (Å²) in [4.78, 5) is 0. The van der Waals surface area contributed by atoms with Gasteiger partial charge in [0.2, 0.25) is 0 Å². The molecule has 0 aromatic heterocycles. The van der Waals surface area contributed by atoms with Gasteiger partial charge in [-0.15, -0.1) is 0 Å². The molecule has 58 valence electrons. The molecular weight excluding hydrogens is 128 g/mol. The van der Waals surface area contributed by atoms with Gasteiger partial charge in [-0.3, -0.25) is 0 Å². The largest absolute Gasteiger partial charge is 0.371 e. The van der Waals surface area contributed by atoms with Crippen LogP contribution in [0.5, 0.6) is 0 Å². The SMILES string of the molecule is CNC1COC2(CNC2)C1. The van der Waals surface area contributed by atoms with Gasteiger partial charge in [-0.05, 0) is 13.5 Å². The average Bonchev–Trinajstić information content (AvgIpc) is 2.29. The normalized spacial score (nSPS) is 36.3. The fraction of sp³-hybridized carbons (Fsp3) is 1.00. The Kier molecular flexibility index (Phi) is 1.44. The molecule has 2 heterocycles. The van der Waals surface area contributed by atoms with Crippen molar-refractivity contribution in [3.05, 3.63) is 0 Å². The second-order valence-electron chi connectivity index (χ2n) is 3.29. The van der Waals surface area contributed by atoms with Gasteiger partial charge in [0.15, 0.2) is 0 Å². The Morgan fingerprint density at radius 3 is 2.70 bits per heavy atom. The van der Waals surface area contributed by atoms with Crippen LogP contribution in [-0.4, -0.2) is 38.4 Å². The van der Waals surface area contributed by atoms with Crippen molar-refractivity contribution in [2.45, 2.75) is 18.1 Å². The monoisotopic (exact) mass is 142 g/mol. The maximum absolute atomic E-state index is 5.65. The van der Waals surface area contributed by atoms with Gasteiger partial charge in [-0.1, -0.05) is 0 Å². The van der Waals surface area contributed by atoms with Crippen LogP contribution in [0.4, 0.5) is 0 Å². The van der Waals surface area contributed by atoms with E-state index in [0.29, 0.717) is 6.04 Å². The van der Waals surface area contributed by atoms with Crippen molar-refractivity contribution in [3.8, 4) is 0 Å². The van der Waals surface area contributed by atoms with E-state index in [1.165, 1.54) is 6.42 Å². The Morgan fingerprint density at radius 1 is 1.60 bits per heavy atom. The van der Waals surface area contributed by atoms with Gasteiger partial charge in [0, 0.05) is 19.1 Å². The lowest BCUT2D eigenvalue weighted by molar-refractivity contribution is -0.0360. The van der Waals surface area contributed by atoms with Crippen LogP contribution >= 0.6 is 0 Å². The van der Waals surface area contributed by atoms with Crippen molar-refractivity contribution >= 4 is 0 Å². The first-order chi connectivity index (χ1) is 4.85. The maximum Gasteiger partial charge on any atom is 0.0946 e. The van der Waals surface area contributed by atoms with Crippen LogP contribution in [0.3, 0.4) is 0 Å². The predicted molar refractivity (Wildman–Crippen MR) is 39.0 cm³/mol. The van der Waals surface area contributed by atoms with Gasteiger partial charge in [0.05, 0.1) is 12.2 Å². The lowest BCUT2D eigenvalue weighted by Crippen LogP contribution is -2.59. The predicted octanol–water partition coefficient (Wildman–Crippen LogP) is -0.663. The zero-order valence-corrected chi connectivity index (χ0v) is 6.31. The molecule has 0 aliphatic carbocycles. The first-order valence-corrected chi connectivity index (χ1v) is 3.87. The van der Waals surface area contributed by atoms with E-state index in [2.05, 4.69) is 10.6 Å². The fourth-order valence-electron chi connectivity index (χ4n) is 1.68. The van der Waals surface area contributed by atoms with E-state index in [4.69, 9.17) is 4.74 Å². The van der Waals surface area contributed by atoms with E-state index >= 15 is 0 Å². The van der Waals surface area contributed by atoms with Crippen LogP contribution in [0.1, 0.15) is 6.42 Å². The van der Waals surface area contributed by atoms with Crippen LogP contribution in [0, 0.1) is 0 Å². The molecule has 0 saturated carbocycles. The minimum atomic E-state index is 0.216. The number of ether oxygens (including phenoxy) is 1. The summed E-state index contributed by atoms with van der Waals surface area (Å²) in [7, 11) is 2.00. The van der Waals surface area contributed by atoms with Crippen molar-refractivity contribution in [2.24, 2.45) is 0 Å². The highest BCUT2D eigenvalue weighted by molar-refractivity contribution is 5.01. The summed E-state index contributed by atoms with van der Waals surface area (Å²) in [5.74, 6) is 0. The summed E-state index contributed by atoms with van der Waals surface area (Å²) in [5.41, 5.74) is 0.216. The molecule has 10 heavy (non-hydrogen) atoms. The molecule has 3 nitrogen and oxygen atoms in total. The lowest BCUT2D eigenvalue weighted by atomic mass is 9.92. The third-order valence-electron chi connectivity index (χ3n) is 2.51. The zero-order valence-electron chi connectivity index (χ0n) is 6.31. The van der Waals surface area contributed by atoms with E-state index in [-0.39, 0.29) is 5.60 Å². The number of rotatable bonds is 1. The van der Waals surface area contributed by atoms with Gasteiger partial charge < -0.3 is 15.4 Å². The molecule has 2 rings (SSSR count). The van der Waals surface area contributed by atoms with Crippen molar-refractivity contribution < 1.29 is 4.74 Å². The fourth-order valence-corrected chi connectivity index (χ4v) is 1.68. The Balaban J connectivity index is 1.92. The van der Waals surface area contributed by atoms with Gasteiger partial charge in [-0.2, -0.15) is 0 Å². The Morgan fingerprint density at radius 2 is 2.40 bits per heavy atom. The lowest BCUT2D eigenvalue weighted by Gasteiger charge is -2.38. The summed E-state index contributed by atoms with van der Waals surface area (Å²) >= 11 is 0. The molecule has 3 heteroatoms. The Labute approximate surface area is 61.1 Å². The third-order valence-corrected chi connectivity index (χ3v) is 2.51. The van der Waals surface area contributed by atoms with Crippen molar-refractivity contribution in [1.29, 1.82) is 0 Å². The van der Waals surface area contributed by atoms with E-state index in [0.717, 1.165) is 19.7 Å². The molecular formula is C7H14N2O. The Bertz CT molecular complexity index is 134. The topological polar surface area (TPSA) is 33.3 Å². The van der Waals surface area contributed by atoms with Gasteiger partial charge in [0.25, 0.3) is 0 Å². The minimum absolute atomic E-state index is 0.216. The summed E-state index contributed by atoms with van der Waals surface area (Å²) < 4.78 is 5.65. The quantitative estimate of drug-likeness (QED) is 0.510. The van der Waals surface area contributed by atoms with Gasteiger partial charge in [0.1, 0.15) is 0 Å². The van der Waals surface area contributed by atoms with Gasteiger partial charge >= 0.3 is 0 Å². The highest BCUT2D eigenvalue weighted by Crippen LogP contribution is 2.28. The van der Waals surface area contributed by atoms with Crippen LogP contribution in [0.25, 0.3) is 0 Å². The van der Waals surface area contributed by atoms with Gasteiger partial charge in [-0.25, -0.2) is 0 Å². The van der Waals surface area contributed by atoms with E-state index < -0.39 is 0 Å². The molecule has 0 aromatic carbocycles. The highest BCUT2D eigenvalue weighted by Gasteiger charge is 2.44. The molecule has 2 N–H and O–H groups in total. The van der Waals surface area contributed by atoms with Crippen LogP contribution in [0.2, 0.25) is 0 Å². The molecule has 0 aromatic rings. The van der Waals surface area contributed by atoms with Crippen LogP contribution < -0.4 is 10.6 Å². The first kappa shape index (κ1) is 6.58. The summed E-state index contributed by atoms with van der Waals surface area (Å²) in [6.45, 7) is 2.98. The number of hydrogen-bond acceptors (Lipinski definition) is 3. The number of nitrogens with one attached hydrogen (secondary N) is 2. The molecule has 1 unspecified atom stereocenters. The van der Waals surface area contributed by atoms with Crippen molar-refractivity contribution in [2.75, 3.05) is 26.7 Å². The second-order valence-corrected chi connectivity index (χ2v) is 3.29. The minimum Gasteiger partial charge on any atom is -0.371 e. The molecule has 1 atom stereocenters. The molecule has 0 radical (unpaired) electrons. The summed E-state index contributed by atoms with van der Waals surface area (Å²) in [6.07, 6.45) is 1.18. The molecule has 2 aliphatic rings. The average molecular weight is 142 g/mol. The molecule has 2 saturated heterocycles. The maximum atomic E-state index is 5.65. The van der Waals surface area contributed by atoms with E-state index in [1.54, 1.807) is 0 Å². The van der Waals surface area contributed by atoms with Crippen molar-refractivity contribution in [3.63, 3.8) is 0 Å². The number of hydrogen-bond donors (Lipinski definition) is 2. The standard InChI is InChI=1S/C7H14N2O/c1-8-6-2-7(10-3-6)4-9-5-7/h6,8-9H,2-5H2,1H3. The molecule has 0 bridgehead atoms. The number of likely N-dealkylation sites (N-methyl/N-ethyl adjacent to an activating group) is 1. The molecule has 0 amide bonds. The third kappa shape index (κ3) is 0.856. The molecule has 2 fully saturated rings. The highest BCUT2D eigenvalue weighted by atomic mass is 16.5. The van der Waals surface area contributed by atoms with E-state index in [1.807, 2.05) is 7.05 Å². The molecule has 2 aliphatic heterocycles.